The molecule has 0 saturated carbocycles. The zero-order valence-corrected chi connectivity index (χ0v) is 33.8. The van der Waals surface area contributed by atoms with Crippen molar-refractivity contribution in [3.8, 4) is 0 Å². The number of nitrogens with zero attached hydrogens (tertiary/aromatic N) is 7. The molecule has 3 aliphatic heterocycles. The third-order valence-electron chi connectivity index (χ3n) is 9.90. The topological polar surface area (TPSA) is 164 Å². The van der Waals surface area contributed by atoms with Crippen molar-refractivity contribution < 1.29 is 33.7 Å². The lowest BCUT2D eigenvalue weighted by Crippen LogP contribution is -2.55. The van der Waals surface area contributed by atoms with Crippen molar-refractivity contribution in [2.45, 2.75) is 108 Å². The third kappa shape index (κ3) is 8.66. The Morgan fingerprint density at radius 1 is 1.00 bits per heavy atom. The predicted octanol–water partition coefficient (Wildman–Crippen LogP) is 5.32. The zero-order chi connectivity index (χ0) is 39.2. The van der Waals surface area contributed by atoms with E-state index in [0.717, 1.165) is 12.8 Å². The molecule has 15 nitrogen and oxygen atoms in total. The van der Waals surface area contributed by atoms with Crippen LogP contribution in [0, 0.1) is 12.3 Å². The molecule has 0 bridgehead atoms. The molecule has 3 fully saturated rings. The van der Waals surface area contributed by atoms with E-state index in [1.165, 1.54) is 11.8 Å². The highest BCUT2D eigenvalue weighted by atomic mass is 35.5. The van der Waals surface area contributed by atoms with Crippen molar-refractivity contribution in [1.29, 1.82) is 0 Å². The second kappa shape index (κ2) is 15.3. The Balaban J connectivity index is 1.12. The van der Waals surface area contributed by atoms with E-state index in [1.54, 1.807) is 26.6 Å². The van der Waals surface area contributed by atoms with Crippen molar-refractivity contribution in [2.75, 3.05) is 50.8 Å². The fourth-order valence-corrected chi connectivity index (χ4v) is 8.34. The summed E-state index contributed by atoms with van der Waals surface area (Å²) >= 11 is 8.20. The number of carbonyl (C=O) groups is 3. The summed E-state index contributed by atoms with van der Waals surface area (Å²) in [5, 5.41) is 14.5. The summed E-state index contributed by atoms with van der Waals surface area (Å²) in [6.45, 7) is 17.8. The molecule has 0 aliphatic carbocycles. The van der Waals surface area contributed by atoms with Gasteiger partial charge in [0.1, 0.15) is 27.6 Å². The van der Waals surface area contributed by atoms with Gasteiger partial charge in [-0.25, -0.2) is 24.5 Å². The molecule has 3 aromatic rings. The molecule has 3 aliphatic rings. The maximum Gasteiger partial charge on any atom is 0.410 e. The number of amides is 3. The van der Waals surface area contributed by atoms with Crippen molar-refractivity contribution in [1.82, 2.24) is 34.5 Å². The average Bonchev–Trinajstić information content (AvgIpc) is 3.67. The first-order chi connectivity index (χ1) is 25.4. The second-order valence-electron chi connectivity index (χ2n) is 16.2. The number of imidazole rings is 1. The van der Waals surface area contributed by atoms with Gasteiger partial charge in [0.25, 0.3) is 5.91 Å². The number of anilines is 1. The Morgan fingerprint density at radius 3 is 2.28 bits per heavy atom. The maximum absolute atomic E-state index is 13.4. The fraction of sp³-hybridized carbons (Fsp3) is 0.622. The van der Waals surface area contributed by atoms with Gasteiger partial charge in [-0.1, -0.05) is 23.4 Å². The van der Waals surface area contributed by atoms with E-state index >= 15 is 0 Å². The fourth-order valence-electron chi connectivity index (χ4n) is 7.15. The van der Waals surface area contributed by atoms with E-state index in [1.807, 2.05) is 61.5 Å². The van der Waals surface area contributed by atoms with Crippen LogP contribution in [0.15, 0.2) is 28.4 Å². The van der Waals surface area contributed by atoms with Crippen molar-refractivity contribution >= 4 is 52.9 Å². The molecule has 2 atom stereocenters. The summed E-state index contributed by atoms with van der Waals surface area (Å²) in [5.74, 6) is 0.383. The van der Waals surface area contributed by atoms with Crippen molar-refractivity contribution in [2.24, 2.45) is 5.41 Å². The molecule has 0 radical (unpaired) electrons. The molecule has 3 saturated heterocycles. The largest absolute Gasteiger partial charge is 0.444 e. The molecular weight excluding hydrogens is 736 g/mol. The first-order valence-corrected chi connectivity index (χ1v) is 19.5. The normalized spacial score (nSPS) is 20.4. The van der Waals surface area contributed by atoms with E-state index in [0.29, 0.717) is 83.7 Å². The van der Waals surface area contributed by atoms with Crippen LogP contribution in [-0.2, 0) is 20.8 Å². The van der Waals surface area contributed by atoms with Crippen LogP contribution >= 0.6 is 23.4 Å². The zero-order valence-electron chi connectivity index (χ0n) is 32.3. The summed E-state index contributed by atoms with van der Waals surface area (Å²) in [6.07, 6.45) is 3.97. The van der Waals surface area contributed by atoms with Gasteiger partial charge in [-0.2, -0.15) is 0 Å². The van der Waals surface area contributed by atoms with Crippen molar-refractivity contribution in [3.05, 3.63) is 40.6 Å². The molecule has 6 heterocycles. The summed E-state index contributed by atoms with van der Waals surface area (Å²) < 4.78 is 18.8. The van der Waals surface area contributed by atoms with E-state index < -0.39 is 23.4 Å². The highest BCUT2D eigenvalue weighted by Gasteiger charge is 2.51. The molecule has 0 aromatic carbocycles. The van der Waals surface area contributed by atoms with Crippen LogP contribution in [0.25, 0.3) is 5.65 Å². The number of alkyl carbamates (subject to hydrolysis) is 1. The minimum atomic E-state index is -0.601. The number of hydrogen-bond donors (Lipinski definition) is 2. The minimum Gasteiger partial charge on any atom is -0.444 e. The van der Waals surface area contributed by atoms with Gasteiger partial charge in [-0.05, 0) is 74.3 Å². The van der Waals surface area contributed by atoms with Crippen LogP contribution < -0.4 is 10.2 Å². The number of piperidine rings is 1. The van der Waals surface area contributed by atoms with Gasteiger partial charge in [-0.3, -0.25) is 4.79 Å². The highest BCUT2D eigenvalue weighted by molar-refractivity contribution is 7.99. The third-order valence-corrected chi connectivity index (χ3v) is 11.5. The lowest BCUT2D eigenvalue weighted by Gasteiger charge is -2.43. The summed E-state index contributed by atoms with van der Waals surface area (Å²) in [7, 11) is 0. The Hall–Kier alpha value is -3.86. The van der Waals surface area contributed by atoms with Gasteiger partial charge >= 0.3 is 12.2 Å². The number of fused-ring (bicyclic) bond motifs is 1. The molecule has 294 valence electrons. The number of nitrogens with one attached hydrogen (secondary N) is 1. The number of aliphatic hydroxyl groups is 1. The van der Waals surface area contributed by atoms with Gasteiger partial charge in [0.2, 0.25) is 0 Å². The average molecular weight is 787 g/mol. The standard InChI is InChI=1S/C37H51ClN8O7S/c1-22-31(41-25(20-47)29(39-22)43-13-10-37(11-14-43)21-51-23(2)28(37)42-33(49)52-35(3,4)5)54-26-9-12-46-19-24(40-30(46)27(26)38)32(48)44-15-17-45(18-16-44)34(50)53-36(6,7)8/h9,12,19,23,28,47H,10-11,13-18,20-21H2,1-8H3,(H,42,49)/t23-,28+/m0/s1. The lowest BCUT2D eigenvalue weighted by molar-refractivity contribution is 0.0140. The van der Waals surface area contributed by atoms with E-state index in [4.69, 9.17) is 35.8 Å². The molecule has 1 spiro atoms. The molecule has 3 amide bonds. The van der Waals surface area contributed by atoms with Crippen LogP contribution in [-0.4, -0.2) is 122 Å². The van der Waals surface area contributed by atoms with E-state index in [9.17, 15) is 19.5 Å². The highest BCUT2D eigenvalue weighted by Crippen LogP contribution is 2.44. The Morgan fingerprint density at radius 2 is 1.65 bits per heavy atom. The number of halogens is 1. The first-order valence-electron chi connectivity index (χ1n) is 18.3. The van der Waals surface area contributed by atoms with E-state index in [2.05, 4.69) is 15.2 Å². The number of rotatable bonds is 6. The van der Waals surface area contributed by atoms with Gasteiger partial charge in [0, 0.05) is 62.0 Å². The Labute approximate surface area is 325 Å². The minimum absolute atomic E-state index is 0.149. The Bertz CT molecular complexity index is 1900. The van der Waals surface area contributed by atoms with Crippen molar-refractivity contribution in [3.63, 3.8) is 0 Å². The number of aliphatic hydroxyl groups excluding tert-OH is 1. The van der Waals surface area contributed by atoms with Crippen LogP contribution in [0.5, 0.6) is 0 Å². The number of aryl methyl sites for hydroxylation is 1. The maximum atomic E-state index is 13.4. The van der Waals surface area contributed by atoms with Crippen LogP contribution in [0.4, 0.5) is 15.4 Å². The number of aromatic nitrogens is 4. The van der Waals surface area contributed by atoms with Gasteiger partial charge in [0.05, 0.1) is 36.1 Å². The van der Waals surface area contributed by atoms with Crippen LogP contribution in [0.3, 0.4) is 0 Å². The molecular formula is C37H51ClN8O7S. The monoisotopic (exact) mass is 786 g/mol. The molecule has 6 rings (SSSR count). The van der Waals surface area contributed by atoms with Gasteiger partial charge in [-0.15, -0.1) is 0 Å². The molecule has 3 aromatic heterocycles. The first kappa shape index (κ1) is 39.8. The quantitative estimate of drug-likeness (QED) is 0.331. The number of piperazine rings is 1. The summed E-state index contributed by atoms with van der Waals surface area (Å²) in [5.41, 5.74) is 0.372. The summed E-state index contributed by atoms with van der Waals surface area (Å²) in [6, 6.07) is 1.64. The van der Waals surface area contributed by atoms with Crippen LogP contribution in [0.1, 0.15) is 83.2 Å². The smallest absolute Gasteiger partial charge is 0.410 e. The van der Waals surface area contributed by atoms with Gasteiger partial charge in [0.15, 0.2) is 11.5 Å². The second-order valence-corrected chi connectivity index (χ2v) is 17.7. The molecule has 54 heavy (non-hydrogen) atoms. The van der Waals surface area contributed by atoms with Gasteiger partial charge < -0.3 is 43.7 Å². The number of ether oxygens (including phenoxy) is 3. The molecule has 0 unspecified atom stereocenters. The SMILES string of the molecule is Cc1nc(N2CCC3(CC2)CO[C@@H](C)[C@H]3NC(=O)OC(C)(C)C)c(CO)nc1Sc1ccn2cc(C(=O)N3CCN(C(=O)OC(C)(C)C)CC3)nc2c1Cl. The number of pyridine rings is 1. The molecule has 17 heteroatoms. The van der Waals surface area contributed by atoms with Crippen LogP contribution in [0.2, 0.25) is 5.02 Å². The van der Waals surface area contributed by atoms with E-state index in [-0.39, 0.29) is 35.8 Å². The lowest BCUT2D eigenvalue weighted by atomic mass is 9.73. The number of hydrogen-bond acceptors (Lipinski definition) is 12. The number of carbonyl (C=O) groups excluding carboxylic acids is 3. The molecule has 2 N–H and O–H groups in total. The summed E-state index contributed by atoms with van der Waals surface area (Å²) in [4.78, 5) is 59.0. The Kier molecular flexibility index (Phi) is 11.3. The predicted molar refractivity (Wildman–Crippen MR) is 203 cm³/mol.